The maximum atomic E-state index is 13.3. The average Bonchev–Trinajstić information content (AvgIpc) is 3.54. The zero-order valence-corrected chi connectivity index (χ0v) is 20.9. The fourth-order valence-electron chi connectivity index (χ4n) is 4.51. The first-order valence-electron chi connectivity index (χ1n) is 11.3. The van der Waals surface area contributed by atoms with Crippen LogP contribution >= 0.6 is 11.3 Å². The van der Waals surface area contributed by atoms with E-state index < -0.39 is 27.8 Å². The number of piperazine rings is 1. The first-order valence-corrected chi connectivity index (χ1v) is 13.6. The fraction of sp³-hybridized carbons (Fsp3) is 0.280. The monoisotopic (exact) mass is 535 g/mol. The molecule has 2 aromatic heterocycles. The van der Waals surface area contributed by atoms with E-state index >= 15 is 0 Å². The molecular weight excluding hydrogens is 511 g/mol. The lowest BCUT2D eigenvalue weighted by Gasteiger charge is -2.42. The summed E-state index contributed by atoms with van der Waals surface area (Å²) in [4.78, 5) is 5.36. The summed E-state index contributed by atoms with van der Waals surface area (Å²) in [5.41, 5.74) is -0.903. The van der Waals surface area contributed by atoms with Crippen molar-refractivity contribution in [1.82, 2.24) is 9.29 Å². The predicted octanol–water partition coefficient (Wildman–Crippen LogP) is 5.25. The van der Waals surface area contributed by atoms with Gasteiger partial charge in [-0.2, -0.15) is 17.5 Å². The molecule has 0 saturated carbocycles. The lowest BCUT2D eigenvalue weighted by atomic mass is 9.95. The van der Waals surface area contributed by atoms with Crippen LogP contribution in [0.25, 0.3) is 10.9 Å². The number of aromatic amines is 1. The minimum Gasteiger partial charge on any atom is -0.376 e. The molecule has 1 aliphatic rings. The Kier molecular flexibility index (Phi) is 6.14. The Morgan fingerprint density at radius 2 is 1.75 bits per heavy atom. The number of fused-ring (bicyclic) bond motifs is 1. The number of para-hydroxylation sites is 1. The molecule has 4 aromatic rings. The third-order valence-corrected chi connectivity index (χ3v) is 9.89. The largest absolute Gasteiger partial charge is 0.421 e. The van der Waals surface area contributed by atoms with Crippen molar-refractivity contribution in [2.75, 3.05) is 24.5 Å². The van der Waals surface area contributed by atoms with Gasteiger partial charge in [0.1, 0.15) is 4.21 Å². The number of anilines is 1. The van der Waals surface area contributed by atoms with Crippen LogP contribution in [0.1, 0.15) is 24.2 Å². The summed E-state index contributed by atoms with van der Waals surface area (Å²) in [7, 11) is -3.68. The summed E-state index contributed by atoms with van der Waals surface area (Å²) in [5.74, 6) is 0. The van der Waals surface area contributed by atoms with Gasteiger partial charge in [0.2, 0.25) is 0 Å². The van der Waals surface area contributed by atoms with Gasteiger partial charge < -0.3 is 15.0 Å². The van der Waals surface area contributed by atoms with Crippen LogP contribution in [0, 0.1) is 0 Å². The molecule has 0 spiro atoms. The molecule has 0 aliphatic carbocycles. The number of thiophene rings is 1. The second-order valence-electron chi connectivity index (χ2n) is 8.93. The highest BCUT2D eigenvalue weighted by molar-refractivity contribution is 7.91. The first kappa shape index (κ1) is 24.8. The van der Waals surface area contributed by atoms with Crippen LogP contribution < -0.4 is 4.90 Å². The van der Waals surface area contributed by atoms with Gasteiger partial charge in [-0.3, -0.25) is 0 Å². The van der Waals surface area contributed by atoms with Gasteiger partial charge in [-0.25, -0.2) is 8.42 Å². The van der Waals surface area contributed by atoms with E-state index in [-0.39, 0.29) is 22.9 Å². The van der Waals surface area contributed by atoms with Crippen LogP contribution in [0.15, 0.2) is 76.3 Å². The van der Waals surface area contributed by atoms with Crippen molar-refractivity contribution < 1.29 is 26.7 Å². The van der Waals surface area contributed by atoms with E-state index in [0.717, 1.165) is 34.9 Å². The van der Waals surface area contributed by atoms with Gasteiger partial charge in [-0.1, -0.05) is 36.4 Å². The lowest BCUT2D eigenvalue weighted by Crippen LogP contribution is -2.50. The molecule has 6 nitrogen and oxygen atoms in total. The van der Waals surface area contributed by atoms with Crippen molar-refractivity contribution in [2.24, 2.45) is 0 Å². The molecule has 0 amide bonds. The number of hydrogen-bond acceptors (Lipinski definition) is 5. The number of nitrogens with zero attached hydrogens (tertiary/aromatic N) is 2. The summed E-state index contributed by atoms with van der Waals surface area (Å²) >= 11 is 1.16. The molecule has 1 fully saturated rings. The topological polar surface area (TPSA) is 76.6 Å². The van der Waals surface area contributed by atoms with Gasteiger partial charge in [-0.15, -0.1) is 11.3 Å². The van der Waals surface area contributed by atoms with Crippen LogP contribution in [-0.2, 0) is 15.6 Å². The molecule has 11 heteroatoms. The van der Waals surface area contributed by atoms with Crippen molar-refractivity contribution in [3.05, 3.63) is 83.4 Å². The quantitative estimate of drug-likeness (QED) is 0.366. The number of alkyl halides is 3. The van der Waals surface area contributed by atoms with E-state index in [4.69, 9.17) is 0 Å². The van der Waals surface area contributed by atoms with Gasteiger partial charge in [-0.05, 0) is 53.6 Å². The van der Waals surface area contributed by atoms with Gasteiger partial charge in [0.15, 0.2) is 5.60 Å². The van der Waals surface area contributed by atoms with E-state index in [1.807, 2.05) is 35.2 Å². The van der Waals surface area contributed by atoms with Gasteiger partial charge in [0.05, 0.1) is 6.04 Å². The van der Waals surface area contributed by atoms with Crippen LogP contribution in [-0.4, -0.2) is 48.6 Å². The smallest absolute Gasteiger partial charge is 0.376 e. The van der Waals surface area contributed by atoms with Crippen LogP contribution in [0.3, 0.4) is 0 Å². The van der Waals surface area contributed by atoms with Crippen molar-refractivity contribution in [3.8, 4) is 0 Å². The van der Waals surface area contributed by atoms with E-state index in [0.29, 0.717) is 12.2 Å². The Morgan fingerprint density at radius 3 is 2.39 bits per heavy atom. The van der Waals surface area contributed by atoms with E-state index in [2.05, 4.69) is 4.98 Å². The number of halogens is 3. The molecule has 2 aromatic carbocycles. The molecule has 36 heavy (non-hydrogen) atoms. The Morgan fingerprint density at radius 1 is 1.03 bits per heavy atom. The van der Waals surface area contributed by atoms with Crippen molar-refractivity contribution in [1.29, 1.82) is 0 Å². The fourth-order valence-corrected chi connectivity index (χ4v) is 7.09. The lowest BCUT2D eigenvalue weighted by molar-refractivity contribution is -0.258. The van der Waals surface area contributed by atoms with E-state index in [1.165, 1.54) is 28.6 Å². The second-order valence-corrected chi connectivity index (χ2v) is 12.0. The number of aromatic nitrogens is 1. The zero-order chi connectivity index (χ0) is 25.7. The highest BCUT2D eigenvalue weighted by Crippen LogP contribution is 2.40. The molecule has 2 N–H and O–H groups in total. The minimum absolute atomic E-state index is 0.162. The van der Waals surface area contributed by atoms with Crippen LogP contribution in [0.4, 0.5) is 18.9 Å². The maximum absolute atomic E-state index is 13.3. The number of aliphatic hydroxyl groups is 1. The van der Waals surface area contributed by atoms with Crippen LogP contribution in [0.5, 0.6) is 0 Å². The summed E-state index contributed by atoms with van der Waals surface area (Å²) in [5, 5.41) is 12.7. The van der Waals surface area contributed by atoms with Gasteiger partial charge in [0, 0.05) is 36.5 Å². The van der Waals surface area contributed by atoms with Crippen molar-refractivity contribution in [3.63, 3.8) is 0 Å². The Hall–Kier alpha value is -2.86. The molecule has 1 saturated heterocycles. The molecule has 1 unspecified atom stereocenters. The standard InChI is InChI=1S/C25H24F3N3O3S2/c1-24(32,25(26,27)28)18-8-10-19(11-9-18)31-13-12-30(36(33,34)23-7-4-14-35-23)16-22(31)21-15-17-5-2-3-6-20(17)29-21/h2-11,14-15,22,29,32H,12-13,16H2,1H3/t22-,24?/m0/s1. The number of nitrogens with one attached hydrogen (secondary N) is 1. The molecule has 0 radical (unpaired) electrons. The van der Waals surface area contributed by atoms with E-state index in [1.54, 1.807) is 17.5 Å². The Bertz CT molecular complexity index is 1430. The predicted molar refractivity (Wildman–Crippen MR) is 134 cm³/mol. The highest BCUT2D eigenvalue weighted by atomic mass is 32.2. The molecule has 2 atom stereocenters. The number of sulfonamides is 1. The number of benzene rings is 2. The number of rotatable bonds is 5. The Balaban J connectivity index is 1.51. The molecule has 3 heterocycles. The molecule has 190 valence electrons. The van der Waals surface area contributed by atoms with E-state index in [9.17, 15) is 26.7 Å². The SMILES string of the molecule is CC(O)(c1ccc(N2CCN(S(=O)(=O)c3cccs3)C[C@H]2c2cc3ccccc3[nH]2)cc1)C(F)(F)F. The second kappa shape index (κ2) is 8.91. The number of H-pyrrole nitrogens is 1. The first-order chi connectivity index (χ1) is 17.0. The third-order valence-electron chi connectivity index (χ3n) is 6.66. The summed E-state index contributed by atoms with van der Waals surface area (Å²) in [6.45, 7) is 1.44. The Labute approximate surface area is 210 Å². The van der Waals surface area contributed by atoms with Crippen molar-refractivity contribution >= 4 is 38.0 Å². The zero-order valence-electron chi connectivity index (χ0n) is 19.2. The normalized spacial score (nSPS) is 19.5. The third kappa shape index (κ3) is 4.30. The summed E-state index contributed by atoms with van der Waals surface area (Å²) in [6.07, 6.45) is -4.82. The summed E-state index contributed by atoms with van der Waals surface area (Å²) in [6, 6.07) is 18.1. The highest BCUT2D eigenvalue weighted by Gasteiger charge is 2.51. The van der Waals surface area contributed by atoms with Crippen LogP contribution in [0.2, 0.25) is 0 Å². The minimum atomic E-state index is -4.82. The van der Waals surface area contributed by atoms with Gasteiger partial charge in [0.25, 0.3) is 10.0 Å². The van der Waals surface area contributed by atoms with Crippen molar-refractivity contribution in [2.45, 2.75) is 29.0 Å². The summed E-state index contributed by atoms with van der Waals surface area (Å²) < 4.78 is 68.2. The molecular formula is C25H24F3N3O3S2. The molecule has 1 aliphatic heterocycles. The maximum Gasteiger partial charge on any atom is 0.421 e. The van der Waals surface area contributed by atoms with Gasteiger partial charge >= 0.3 is 6.18 Å². The molecule has 5 rings (SSSR count). The molecule has 0 bridgehead atoms. The average molecular weight is 536 g/mol. The number of hydrogen-bond donors (Lipinski definition) is 2.